The molecular weight excluding hydrogens is 328 g/mol. The number of carbonyl (C=O) groups is 1. The number of carbonyl (C=O) groups excluding carboxylic acids is 1. The third-order valence-corrected chi connectivity index (χ3v) is 5.19. The van der Waals surface area contributed by atoms with Gasteiger partial charge in [-0.2, -0.15) is 0 Å². The highest BCUT2D eigenvalue weighted by atomic mass is 32.2. The summed E-state index contributed by atoms with van der Waals surface area (Å²) in [4.78, 5) is 12.3. The molecule has 6 nitrogen and oxygen atoms in total. The molecule has 1 unspecified atom stereocenters. The van der Waals surface area contributed by atoms with E-state index in [4.69, 9.17) is 4.74 Å². The summed E-state index contributed by atoms with van der Waals surface area (Å²) in [6.45, 7) is 7.83. The minimum Gasteiger partial charge on any atom is -0.481 e. The molecule has 0 heterocycles. The van der Waals surface area contributed by atoms with Gasteiger partial charge in [0.05, 0.1) is 11.9 Å². The topological polar surface area (TPSA) is 75.7 Å². The van der Waals surface area contributed by atoms with Gasteiger partial charge in [-0.15, -0.1) is 0 Å². The summed E-state index contributed by atoms with van der Waals surface area (Å²) in [6, 6.07) is 6.63. The predicted molar refractivity (Wildman–Crippen MR) is 96.9 cm³/mol. The van der Waals surface area contributed by atoms with Crippen molar-refractivity contribution < 1.29 is 17.9 Å². The lowest BCUT2D eigenvalue weighted by molar-refractivity contribution is -0.129. The fraction of sp³-hybridized carbons (Fsp3) is 0.588. The molecule has 24 heavy (non-hydrogen) atoms. The van der Waals surface area contributed by atoms with Gasteiger partial charge < -0.3 is 10.1 Å². The Balaban J connectivity index is 2.82. The van der Waals surface area contributed by atoms with E-state index >= 15 is 0 Å². The third kappa shape index (κ3) is 5.70. The number of benzene rings is 1. The molecule has 1 aromatic rings. The van der Waals surface area contributed by atoms with Crippen molar-refractivity contribution in [2.24, 2.45) is 0 Å². The van der Waals surface area contributed by atoms with Crippen LogP contribution in [0.15, 0.2) is 24.3 Å². The number of anilines is 1. The quantitative estimate of drug-likeness (QED) is 0.777. The molecule has 1 amide bonds. The lowest BCUT2D eigenvalue weighted by atomic mass is 10.0. The van der Waals surface area contributed by atoms with Gasteiger partial charge in [-0.05, 0) is 51.0 Å². The van der Waals surface area contributed by atoms with E-state index in [1.165, 1.54) is 11.4 Å². The molecule has 1 atom stereocenters. The molecule has 0 aliphatic carbocycles. The monoisotopic (exact) mass is 356 g/mol. The van der Waals surface area contributed by atoms with Crippen LogP contribution in [0.1, 0.15) is 40.5 Å². The van der Waals surface area contributed by atoms with Crippen LogP contribution in [-0.4, -0.2) is 39.3 Å². The van der Waals surface area contributed by atoms with Gasteiger partial charge in [0, 0.05) is 12.6 Å². The van der Waals surface area contributed by atoms with Crippen LogP contribution in [0.4, 0.5) is 5.69 Å². The van der Waals surface area contributed by atoms with Crippen molar-refractivity contribution in [3.8, 4) is 5.75 Å². The van der Waals surface area contributed by atoms with Gasteiger partial charge in [-0.25, -0.2) is 8.42 Å². The molecule has 1 N–H and O–H groups in total. The molecule has 1 aromatic carbocycles. The van der Waals surface area contributed by atoms with Crippen LogP contribution in [0.3, 0.4) is 0 Å². The van der Waals surface area contributed by atoms with Crippen LogP contribution in [0.5, 0.6) is 5.75 Å². The van der Waals surface area contributed by atoms with Crippen LogP contribution >= 0.6 is 0 Å². The van der Waals surface area contributed by atoms with Crippen molar-refractivity contribution in [3.05, 3.63) is 24.3 Å². The van der Waals surface area contributed by atoms with Crippen molar-refractivity contribution in [2.75, 3.05) is 17.6 Å². The lowest BCUT2D eigenvalue weighted by Gasteiger charge is -2.27. The first-order chi connectivity index (χ1) is 11.0. The zero-order chi connectivity index (χ0) is 18.5. The fourth-order valence-corrected chi connectivity index (χ4v) is 2.42. The van der Waals surface area contributed by atoms with Crippen molar-refractivity contribution in [1.82, 2.24) is 5.32 Å². The van der Waals surface area contributed by atoms with E-state index in [1.54, 1.807) is 24.3 Å². The fourth-order valence-electron chi connectivity index (χ4n) is 1.92. The van der Waals surface area contributed by atoms with E-state index in [0.717, 1.165) is 12.7 Å². The summed E-state index contributed by atoms with van der Waals surface area (Å²) in [5.74, 6) is 0.374. The summed E-state index contributed by atoms with van der Waals surface area (Å²) in [5, 5.41) is 2.98. The number of nitrogens with zero attached hydrogens (tertiary/aromatic N) is 1. The number of rotatable bonds is 8. The zero-order valence-corrected chi connectivity index (χ0v) is 16.1. The van der Waals surface area contributed by atoms with Crippen LogP contribution in [-0.2, 0) is 14.8 Å². The zero-order valence-electron chi connectivity index (χ0n) is 15.3. The van der Waals surface area contributed by atoms with Crippen LogP contribution in [0, 0.1) is 0 Å². The molecule has 136 valence electrons. The molecular formula is C17H28N2O4S. The molecule has 1 rings (SSSR count). The molecule has 0 aliphatic rings. The third-order valence-electron chi connectivity index (χ3n) is 3.98. The second kappa shape index (κ2) is 7.88. The largest absolute Gasteiger partial charge is 0.481 e. The highest BCUT2D eigenvalue weighted by Crippen LogP contribution is 2.21. The molecule has 0 saturated heterocycles. The minimum atomic E-state index is -3.30. The van der Waals surface area contributed by atoms with E-state index in [0.29, 0.717) is 17.9 Å². The number of hydrogen-bond donors (Lipinski definition) is 1. The average molecular weight is 356 g/mol. The van der Waals surface area contributed by atoms with Crippen LogP contribution in [0.25, 0.3) is 0 Å². The average Bonchev–Trinajstić information content (AvgIpc) is 2.51. The molecule has 0 bridgehead atoms. The van der Waals surface area contributed by atoms with Gasteiger partial charge in [0.15, 0.2) is 6.10 Å². The van der Waals surface area contributed by atoms with E-state index in [-0.39, 0.29) is 11.4 Å². The number of amides is 1. The smallest absolute Gasteiger partial charge is 0.261 e. The maximum Gasteiger partial charge on any atom is 0.261 e. The summed E-state index contributed by atoms with van der Waals surface area (Å²) in [5.41, 5.74) is 0.255. The Morgan fingerprint density at radius 1 is 1.25 bits per heavy atom. The Labute approximate surface area is 145 Å². The molecule has 0 aromatic heterocycles. The first kappa shape index (κ1) is 20.3. The highest BCUT2D eigenvalue weighted by molar-refractivity contribution is 7.92. The molecule has 0 radical (unpaired) electrons. The summed E-state index contributed by atoms with van der Waals surface area (Å²) >= 11 is 0. The first-order valence-corrected chi connectivity index (χ1v) is 9.87. The van der Waals surface area contributed by atoms with E-state index in [1.807, 2.05) is 27.7 Å². The number of ether oxygens (including phenoxy) is 1. The summed E-state index contributed by atoms with van der Waals surface area (Å²) < 4.78 is 30.0. The van der Waals surface area contributed by atoms with E-state index in [2.05, 4.69) is 5.32 Å². The Bertz CT molecular complexity index is 654. The maximum absolute atomic E-state index is 12.3. The van der Waals surface area contributed by atoms with Gasteiger partial charge in [0.1, 0.15) is 5.75 Å². The van der Waals surface area contributed by atoms with Gasteiger partial charge in [-0.1, -0.05) is 13.8 Å². The maximum atomic E-state index is 12.3. The Hall–Kier alpha value is -1.76. The molecule has 0 aliphatic heterocycles. The number of nitrogens with one attached hydrogen (secondary N) is 1. The Morgan fingerprint density at radius 2 is 1.79 bits per heavy atom. The molecule has 7 heteroatoms. The first-order valence-electron chi connectivity index (χ1n) is 8.02. The summed E-state index contributed by atoms with van der Waals surface area (Å²) in [7, 11) is -1.82. The van der Waals surface area contributed by atoms with E-state index in [9.17, 15) is 13.2 Å². The standard InChI is InChI=1S/C17H28N2O4S/c1-7-15(16(20)18-17(3,4)8-2)23-14-11-9-13(10-12-14)19(5)24(6,21)22/h9-12,15H,7-8H2,1-6H3,(H,18,20). The molecule has 0 spiro atoms. The van der Waals surface area contributed by atoms with Crippen LogP contribution < -0.4 is 14.4 Å². The lowest BCUT2D eigenvalue weighted by Crippen LogP contribution is -2.48. The molecule has 0 fully saturated rings. The van der Waals surface area contributed by atoms with Crippen LogP contribution in [0.2, 0.25) is 0 Å². The van der Waals surface area contributed by atoms with Gasteiger partial charge in [0.25, 0.3) is 5.91 Å². The second-order valence-electron chi connectivity index (χ2n) is 6.47. The van der Waals surface area contributed by atoms with Crippen molar-refractivity contribution in [3.63, 3.8) is 0 Å². The van der Waals surface area contributed by atoms with Gasteiger partial charge >= 0.3 is 0 Å². The number of hydrogen-bond acceptors (Lipinski definition) is 4. The predicted octanol–water partition coefficient (Wildman–Crippen LogP) is 2.54. The van der Waals surface area contributed by atoms with Crippen molar-refractivity contribution in [2.45, 2.75) is 52.2 Å². The SMILES string of the molecule is CCC(Oc1ccc(N(C)S(C)(=O)=O)cc1)C(=O)NC(C)(C)CC. The number of sulfonamides is 1. The van der Waals surface area contributed by atoms with Crippen molar-refractivity contribution >= 4 is 21.6 Å². The summed E-state index contributed by atoms with van der Waals surface area (Å²) in [6.07, 6.45) is 1.91. The minimum absolute atomic E-state index is 0.151. The van der Waals surface area contributed by atoms with Crippen molar-refractivity contribution in [1.29, 1.82) is 0 Å². The Morgan fingerprint density at radius 3 is 2.21 bits per heavy atom. The highest BCUT2D eigenvalue weighted by Gasteiger charge is 2.25. The van der Waals surface area contributed by atoms with Gasteiger partial charge in [-0.3, -0.25) is 9.10 Å². The molecule has 0 saturated carbocycles. The Kier molecular flexibility index (Phi) is 6.66. The van der Waals surface area contributed by atoms with E-state index < -0.39 is 16.1 Å². The van der Waals surface area contributed by atoms with Gasteiger partial charge in [0.2, 0.25) is 10.0 Å². The second-order valence-corrected chi connectivity index (χ2v) is 8.48. The normalized spacial score (nSPS) is 13.2.